The number of hydrogen-bond acceptors (Lipinski definition) is 4. The number of rotatable bonds is 6. The van der Waals surface area contributed by atoms with Crippen molar-refractivity contribution in [1.29, 1.82) is 0 Å². The summed E-state index contributed by atoms with van der Waals surface area (Å²) < 4.78 is 30.6. The predicted octanol–water partition coefficient (Wildman–Crippen LogP) is 1.59. The van der Waals surface area contributed by atoms with E-state index in [0.717, 1.165) is 25.0 Å². The Balaban J connectivity index is 1.70. The molecule has 2 saturated heterocycles. The number of aromatic nitrogens is 2. The maximum absolute atomic E-state index is 13.1. The number of aryl methyl sites for hydroxylation is 1. The van der Waals surface area contributed by atoms with Crippen LogP contribution in [-0.4, -0.2) is 76.9 Å². The van der Waals surface area contributed by atoms with Crippen LogP contribution < -0.4 is 0 Å². The van der Waals surface area contributed by atoms with Gasteiger partial charge in [0.15, 0.2) is 0 Å². The summed E-state index contributed by atoms with van der Waals surface area (Å²) in [5.74, 6) is 0.426. The highest BCUT2D eigenvalue weighted by atomic mass is 32.2. The van der Waals surface area contributed by atoms with E-state index >= 15 is 0 Å². The molecule has 3 heterocycles. The first kappa shape index (κ1) is 21.3. The lowest BCUT2D eigenvalue weighted by Crippen LogP contribution is -2.44. The molecule has 28 heavy (non-hydrogen) atoms. The quantitative estimate of drug-likeness (QED) is 0.712. The zero-order valence-electron chi connectivity index (χ0n) is 17.3. The third-order valence-corrected chi connectivity index (χ3v) is 7.46. The van der Waals surface area contributed by atoms with E-state index in [4.69, 9.17) is 0 Å². The van der Waals surface area contributed by atoms with Gasteiger partial charge in [-0.1, -0.05) is 13.8 Å². The number of carbonyl (C=O) groups is 1. The topological polar surface area (TPSA) is 78.8 Å². The van der Waals surface area contributed by atoms with Crippen LogP contribution in [0.15, 0.2) is 6.07 Å². The van der Waals surface area contributed by atoms with Crippen LogP contribution in [0.1, 0.15) is 56.2 Å². The van der Waals surface area contributed by atoms with Crippen LogP contribution in [0.4, 0.5) is 0 Å². The molecular weight excluding hydrogens is 378 g/mol. The fraction of sp³-hybridized carbons (Fsp3) is 0.789. The fourth-order valence-corrected chi connectivity index (χ4v) is 5.69. The van der Waals surface area contributed by atoms with Gasteiger partial charge in [0.2, 0.25) is 0 Å². The van der Waals surface area contributed by atoms with Crippen molar-refractivity contribution in [2.45, 2.75) is 53.0 Å². The molecular formula is C19H33N5O3S. The highest BCUT2D eigenvalue weighted by molar-refractivity contribution is 7.86. The average molecular weight is 412 g/mol. The van der Waals surface area contributed by atoms with Gasteiger partial charge in [0, 0.05) is 45.8 Å². The average Bonchev–Trinajstić information content (AvgIpc) is 3.25. The summed E-state index contributed by atoms with van der Waals surface area (Å²) in [4.78, 5) is 14.9. The molecule has 158 valence electrons. The molecule has 0 radical (unpaired) electrons. The Morgan fingerprint density at radius 2 is 1.68 bits per heavy atom. The largest absolute Gasteiger partial charge is 0.336 e. The van der Waals surface area contributed by atoms with E-state index in [1.54, 1.807) is 18.2 Å². The van der Waals surface area contributed by atoms with E-state index in [1.807, 2.05) is 13.0 Å². The molecule has 1 aromatic heterocycles. The van der Waals surface area contributed by atoms with E-state index in [1.165, 1.54) is 0 Å². The second-order valence-corrected chi connectivity index (χ2v) is 10.0. The number of amides is 1. The van der Waals surface area contributed by atoms with Crippen LogP contribution in [0, 0.1) is 5.92 Å². The van der Waals surface area contributed by atoms with Crippen LogP contribution >= 0.6 is 0 Å². The first-order valence-corrected chi connectivity index (χ1v) is 11.8. The smallest absolute Gasteiger partial charge is 0.282 e. The van der Waals surface area contributed by atoms with Crippen molar-refractivity contribution in [1.82, 2.24) is 23.3 Å². The molecule has 9 heteroatoms. The number of nitrogens with zero attached hydrogens (tertiary/aromatic N) is 5. The van der Waals surface area contributed by atoms with E-state index in [-0.39, 0.29) is 5.91 Å². The van der Waals surface area contributed by atoms with Crippen LogP contribution in [0.5, 0.6) is 0 Å². The standard InChI is InChI=1S/C19H33N5O3S/c1-4-24-18(15-17(20-24)14-16(2)3)19(25)21-8-7-11-23(13-12-21)28(26,27)22-9-5-6-10-22/h15-16H,4-14H2,1-3H3. The van der Waals surface area contributed by atoms with E-state index in [2.05, 4.69) is 18.9 Å². The predicted molar refractivity (Wildman–Crippen MR) is 108 cm³/mol. The van der Waals surface area contributed by atoms with Gasteiger partial charge in [-0.3, -0.25) is 9.48 Å². The first-order chi connectivity index (χ1) is 13.3. The van der Waals surface area contributed by atoms with Gasteiger partial charge in [0.25, 0.3) is 16.1 Å². The third-order valence-electron chi connectivity index (χ3n) is 5.43. The highest BCUT2D eigenvalue weighted by Crippen LogP contribution is 2.19. The highest BCUT2D eigenvalue weighted by Gasteiger charge is 2.33. The lowest BCUT2D eigenvalue weighted by atomic mass is 10.1. The lowest BCUT2D eigenvalue weighted by molar-refractivity contribution is 0.0751. The Bertz CT molecular complexity index is 783. The molecule has 0 spiro atoms. The summed E-state index contributed by atoms with van der Waals surface area (Å²) in [5.41, 5.74) is 1.54. The molecule has 1 aromatic rings. The minimum Gasteiger partial charge on any atom is -0.336 e. The first-order valence-electron chi connectivity index (χ1n) is 10.4. The fourth-order valence-electron chi connectivity index (χ4n) is 3.97. The molecule has 2 aliphatic rings. The van der Waals surface area contributed by atoms with Gasteiger partial charge < -0.3 is 4.90 Å². The van der Waals surface area contributed by atoms with Crippen LogP contribution in [-0.2, 0) is 23.2 Å². The second-order valence-electron chi connectivity index (χ2n) is 8.09. The van der Waals surface area contributed by atoms with E-state index in [0.29, 0.717) is 63.8 Å². The summed E-state index contributed by atoms with van der Waals surface area (Å²) in [6.45, 7) is 9.91. The lowest BCUT2D eigenvalue weighted by Gasteiger charge is -2.26. The molecule has 0 N–H and O–H groups in total. The second kappa shape index (κ2) is 8.92. The molecule has 1 amide bonds. The zero-order chi connectivity index (χ0) is 20.3. The molecule has 2 fully saturated rings. The summed E-state index contributed by atoms with van der Waals surface area (Å²) >= 11 is 0. The maximum Gasteiger partial charge on any atom is 0.282 e. The Labute approximate surface area is 168 Å². The van der Waals surface area contributed by atoms with Gasteiger partial charge in [0.1, 0.15) is 5.69 Å². The summed E-state index contributed by atoms with van der Waals surface area (Å²) in [6, 6.07) is 1.90. The van der Waals surface area contributed by atoms with Gasteiger partial charge >= 0.3 is 0 Å². The summed E-state index contributed by atoms with van der Waals surface area (Å²) in [6.07, 6.45) is 3.35. The summed E-state index contributed by atoms with van der Waals surface area (Å²) in [7, 11) is -3.41. The molecule has 0 atom stereocenters. The van der Waals surface area contributed by atoms with Gasteiger partial charge in [-0.05, 0) is 44.6 Å². The molecule has 0 aliphatic carbocycles. The normalized spacial score (nSPS) is 20.1. The van der Waals surface area contributed by atoms with Gasteiger partial charge in [-0.2, -0.15) is 22.1 Å². The van der Waals surface area contributed by atoms with Crippen LogP contribution in [0.25, 0.3) is 0 Å². The molecule has 3 rings (SSSR count). The van der Waals surface area contributed by atoms with Crippen molar-refractivity contribution in [2.75, 3.05) is 39.3 Å². The monoisotopic (exact) mass is 411 g/mol. The van der Waals surface area contributed by atoms with Crippen molar-refractivity contribution >= 4 is 16.1 Å². The molecule has 8 nitrogen and oxygen atoms in total. The van der Waals surface area contributed by atoms with E-state index < -0.39 is 10.2 Å². The van der Waals surface area contributed by atoms with Gasteiger partial charge in [0.05, 0.1) is 5.69 Å². The Kier molecular flexibility index (Phi) is 6.77. The van der Waals surface area contributed by atoms with Crippen molar-refractivity contribution in [3.8, 4) is 0 Å². The third kappa shape index (κ3) is 4.58. The van der Waals surface area contributed by atoms with Crippen molar-refractivity contribution in [3.63, 3.8) is 0 Å². The van der Waals surface area contributed by atoms with E-state index in [9.17, 15) is 13.2 Å². The van der Waals surface area contributed by atoms with Crippen LogP contribution in [0.2, 0.25) is 0 Å². The molecule has 0 bridgehead atoms. The van der Waals surface area contributed by atoms with Gasteiger partial charge in [-0.25, -0.2) is 0 Å². The van der Waals surface area contributed by atoms with Crippen molar-refractivity contribution in [3.05, 3.63) is 17.5 Å². The molecule has 0 unspecified atom stereocenters. The maximum atomic E-state index is 13.1. The minimum atomic E-state index is -3.41. The molecule has 2 aliphatic heterocycles. The Morgan fingerprint density at radius 3 is 2.32 bits per heavy atom. The molecule has 0 aromatic carbocycles. The van der Waals surface area contributed by atoms with Crippen molar-refractivity contribution < 1.29 is 13.2 Å². The Hall–Kier alpha value is -1.45. The SMILES string of the molecule is CCn1nc(CC(C)C)cc1C(=O)N1CCCN(S(=O)(=O)N2CCCC2)CC1. The van der Waals surface area contributed by atoms with Crippen LogP contribution in [0.3, 0.4) is 0 Å². The molecule has 0 saturated carbocycles. The minimum absolute atomic E-state index is 0.0511. The zero-order valence-corrected chi connectivity index (χ0v) is 18.1. The Morgan fingerprint density at radius 1 is 1.04 bits per heavy atom. The van der Waals surface area contributed by atoms with Crippen molar-refractivity contribution in [2.24, 2.45) is 5.92 Å². The van der Waals surface area contributed by atoms with Gasteiger partial charge in [-0.15, -0.1) is 0 Å². The number of hydrogen-bond donors (Lipinski definition) is 0. The summed E-state index contributed by atoms with van der Waals surface area (Å²) in [5, 5.41) is 4.57. The number of carbonyl (C=O) groups excluding carboxylic acids is 1.